The maximum atomic E-state index is 13.3. The summed E-state index contributed by atoms with van der Waals surface area (Å²) in [5.74, 6) is -1.22. The van der Waals surface area contributed by atoms with Crippen molar-refractivity contribution in [3.8, 4) is 5.75 Å². The number of primary amides is 1. The van der Waals surface area contributed by atoms with Gasteiger partial charge < -0.3 is 10.5 Å². The van der Waals surface area contributed by atoms with E-state index in [4.69, 9.17) is 22.9 Å². The SMILES string of the molecule is [N-]=[N+]=Nc1ccc(OC(N)=O)c(Cl)c1F. The van der Waals surface area contributed by atoms with Crippen molar-refractivity contribution in [1.29, 1.82) is 0 Å². The Morgan fingerprint density at radius 1 is 1.67 bits per heavy atom. The largest absolute Gasteiger partial charge is 0.410 e. The smallest absolute Gasteiger partial charge is 0.409 e. The Morgan fingerprint density at radius 2 is 2.33 bits per heavy atom. The van der Waals surface area contributed by atoms with E-state index in [0.29, 0.717) is 0 Å². The Bertz CT molecular complexity index is 459. The molecule has 0 aromatic heterocycles. The maximum absolute atomic E-state index is 13.3. The van der Waals surface area contributed by atoms with Gasteiger partial charge in [0.1, 0.15) is 5.02 Å². The van der Waals surface area contributed by atoms with Gasteiger partial charge >= 0.3 is 6.09 Å². The highest BCUT2D eigenvalue weighted by molar-refractivity contribution is 6.32. The molecule has 0 aliphatic rings. The average Bonchev–Trinajstić information content (AvgIpc) is 2.17. The number of ether oxygens (including phenoxy) is 1. The number of benzene rings is 1. The van der Waals surface area contributed by atoms with Crippen LogP contribution in [-0.4, -0.2) is 6.09 Å². The van der Waals surface area contributed by atoms with Crippen LogP contribution in [0.2, 0.25) is 5.02 Å². The Balaban J connectivity index is 3.20. The minimum absolute atomic E-state index is 0.237. The van der Waals surface area contributed by atoms with Gasteiger partial charge in [0.2, 0.25) is 0 Å². The van der Waals surface area contributed by atoms with E-state index in [1.807, 2.05) is 0 Å². The molecule has 1 amide bonds. The van der Waals surface area contributed by atoms with Gasteiger partial charge in [0.15, 0.2) is 11.6 Å². The predicted molar refractivity (Wildman–Crippen MR) is 50.4 cm³/mol. The van der Waals surface area contributed by atoms with Crippen LogP contribution >= 0.6 is 11.6 Å². The van der Waals surface area contributed by atoms with E-state index in [1.165, 1.54) is 6.07 Å². The Labute approximate surface area is 88.0 Å². The highest BCUT2D eigenvalue weighted by atomic mass is 35.5. The van der Waals surface area contributed by atoms with Crippen LogP contribution in [0.15, 0.2) is 17.2 Å². The van der Waals surface area contributed by atoms with Gasteiger partial charge in [-0.25, -0.2) is 9.18 Å². The highest BCUT2D eigenvalue weighted by Gasteiger charge is 2.13. The van der Waals surface area contributed by atoms with Crippen molar-refractivity contribution in [3.05, 3.63) is 33.4 Å². The summed E-state index contributed by atoms with van der Waals surface area (Å²) in [5.41, 5.74) is 12.5. The Morgan fingerprint density at radius 3 is 2.87 bits per heavy atom. The van der Waals surface area contributed by atoms with Crippen molar-refractivity contribution in [2.45, 2.75) is 0 Å². The van der Waals surface area contributed by atoms with E-state index >= 15 is 0 Å². The second-order valence-corrected chi connectivity index (χ2v) is 2.70. The number of carbonyl (C=O) groups is 1. The third-order valence-corrected chi connectivity index (χ3v) is 1.74. The molecular weight excluding hydrogens is 227 g/mol. The lowest BCUT2D eigenvalue weighted by atomic mass is 10.3. The lowest BCUT2D eigenvalue weighted by Crippen LogP contribution is -2.16. The summed E-state index contributed by atoms with van der Waals surface area (Å²) < 4.78 is 17.7. The number of halogens is 2. The topological polar surface area (TPSA) is 101 Å². The van der Waals surface area contributed by atoms with Gasteiger partial charge in [0.05, 0.1) is 5.69 Å². The molecule has 15 heavy (non-hydrogen) atoms. The summed E-state index contributed by atoms with van der Waals surface area (Å²) in [6.07, 6.45) is -1.12. The van der Waals surface area contributed by atoms with Gasteiger partial charge in [-0.05, 0) is 17.7 Å². The van der Waals surface area contributed by atoms with Crippen LogP contribution in [0.25, 0.3) is 10.4 Å². The van der Waals surface area contributed by atoms with Crippen LogP contribution in [0.5, 0.6) is 5.75 Å². The van der Waals surface area contributed by atoms with Gasteiger partial charge in [-0.1, -0.05) is 16.7 Å². The number of hydrogen-bond acceptors (Lipinski definition) is 3. The molecule has 0 saturated carbocycles. The molecule has 2 N–H and O–H groups in total. The zero-order valence-electron chi connectivity index (χ0n) is 7.15. The maximum Gasteiger partial charge on any atom is 0.410 e. The monoisotopic (exact) mass is 230 g/mol. The first-order valence-electron chi connectivity index (χ1n) is 3.56. The molecule has 6 nitrogen and oxygen atoms in total. The average molecular weight is 231 g/mol. The molecule has 1 rings (SSSR count). The molecule has 0 radical (unpaired) electrons. The number of nitrogens with two attached hydrogens (primary N) is 1. The fourth-order valence-corrected chi connectivity index (χ4v) is 1.03. The summed E-state index contributed by atoms with van der Waals surface area (Å²) in [6, 6.07) is 2.28. The number of hydrogen-bond donors (Lipinski definition) is 1. The minimum atomic E-state index is -1.12. The Hall–Kier alpha value is -1.98. The number of carbonyl (C=O) groups excluding carboxylic acids is 1. The number of amides is 1. The highest BCUT2D eigenvalue weighted by Crippen LogP contribution is 2.33. The lowest BCUT2D eigenvalue weighted by Gasteiger charge is -2.05. The summed E-state index contributed by atoms with van der Waals surface area (Å²) in [4.78, 5) is 12.8. The quantitative estimate of drug-likeness (QED) is 0.480. The molecule has 78 valence electrons. The van der Waals surface area contributed by atoms with Crippen molar-refractivity contribution in [2.75, 3.05) is 0 Å². The van der Waals surface area contributed by atoms with Crippen LogP contribution in [0, 0.1) is 5.82 Å². The summed E-state index contributed by atoms with van der Waals surface area (Å²) in [5, 5.41) is 2.56. The second kappa shape index (κ2) is 4.50. The van der Waals surface area contributed by atoms with Crippen LogP contribution < -0.4 is 10.5 Å². The predicted octanol–water partition coefficient (Wildman–Crippen LogP) is 2.88. The van der Waals surface area contributed by atoms with Gasteiger partial charge in [-0.15, -0.1) is 0 Å². The molecule has 0 atom stereocenters. The van der Waals surface area contributed by atoms with Crippen molar-refractivity contribution in [1.82, 2.24) is 0 Å². The molecule has 0 bridgehead atoms. The molecule has 0 heterocycles. The molecule has 0 spiro atoms. The number of azide groups is 1. The van der Waals surface area contributed by atoms with Gasteiger partial charge in [0, 0.05) is 4.91 Å². The minimum Gasteiger partial charge on any atom is -0.409 e. The molecule has 8 heteroatoms. The van der Waals surface area contributed by atoms with Gasteiger partial charge in [-0.2, -0.15) is 0 Å². The van der Waals surface area contributed by atoms with Crippen molar-refractivity contribution >= 4 is 23.4 Å². The first-order valence-corrected chi connectivity index (χ1v) is 3.94. The number of nitrogens with zero attached hydrogens (tertiary/aromatic N) is 3. The molecule has 1 aromatic carbocycles. The zero-order valence-corrected chi connectivity index (χ0v) is 7.90. The standard InChI is InChI=1S/C7H4ClFN4O2/c8-5-4(15-7(10)14)2-1-3(6(5)9)12-13-11/h1-2H,(H2,10,14). The van der Waals surface area contributed by atoms with E-state index in [0.717, 1.165) is 6.07 Å². The molecule has 0 aliphatic heterocycles. The fraction of sp³-hybridized carbons (Fsp3) is 0. The van der Waals surface area contributed by atoms with E-state index in [2.05, 4.69) is 14.8 Å². The first kappa shape index (κ1) is 11.1. The molecular formula is C7H4ClFN4O2. The van der Waals surface area contributed by atoms with E-state index in [-0.39, 0.29) is 11.4 Å². The summed E-state index contributed by atoms with van der Waals surface area (Å²) in [7, 11) is 0. The van der Waals surface area contributed by atoms with Crippen LogP contribution in [0.4, 0.5) is 14.9 Å². The Kier molecular flexibility index (Phi) is 3.33. The molecule has 0 unspecified atom stereocenters. The van der Waals surface area contributed by atoms with Crippen LogP contribution in [0.3, 0.4) is 0 Å². The summed E-state index contributed by atoms with van der Waals surface area (Å²) in [6.45, 7) is 0. The van der Waals surface area contributed by atoms with Crippen LogP contribution in [-0.2, 0) is 0 Å². The summed E-state index contributed by atoms with van der Waals surface area (Å²) >= 11 is 5.49. The van der Waals surface area contributed by atoms with E-state index in [1.54, 1.807) is 0 Å². The third kappa shape index (κ3) is 2.49. The lowest BCUT2D eigenvalue weighted by molar-refractivity contribution is 0.211. The second-order valence-electron chi connectivity index (χ2n) is 2.32. The van der Waals surface area contributed by atoms with Crippen LogP contribution in [0.1, 0.15) is 0 Å². The van der Waals surface area contributed by atoms with Crippen molar-refractivity contribution < 1.29 is 13.9 Å². The van der Waals surface area contributed by atoms with E-state index in [9.17, 15) is 9.18 Å². The first-order chi connectivity index (χ1) is 7.06. The molecule has 0 saturated heterocycles. The normalized spacial score (nSPS) is 9.20. The number of rotatable bonds is 2. The van der Waals surface area contributed by atoms with E-state index < -0.39 is 16.9 Å². The molecule has 1 aromatic rings. The zero-order chi connectivity index (χ0) is 11.4. The molecule has 0 aliphatic carbocycles. The van der Waals surface area contributed by atoms with Crippen molar-refractivity contribution in [2.24, 2.45) is 10.8 Å². The molecule has 0 fully saturated rings. The van der Waals surface area contributed by atoms with Crippen molar-refractivity contribution in [3.63, 3.8) is 0 Å². The van der Waals surface area contributed by atoms with Gasteiger partial charge in [0.25, 0.3) is 0 Å². The van der Waals surface area contributed by atoms with Gasteiger partial charge in [-0.3, -0.25) is 0 Å². The fourth-order valence-electron chi connectivity index (χ4n) is 0.834. The third-order valence-electron chi connectivity index (χ3n) is 1.39.